The number of aliphatic imine (C=N–C) groups is 1. The van der Waals surface area contributed by atoms with Gasteiger partial charge in [0.05, 0.1) is 0 Å². The lowest BCUT2D eigenvalue weighted by molar-refractivity contribution is 0.334. The second kappa shape index (κ2) is 10.8. The SMILES string of the molecule is CCNC(=NCc1oc2ccccc2c1C)NCCCN1CCCC1.I. The molecule has 0 spiro atoms. The van der Waals surface area contributed by atoms with E-state index < -0.39 is 0 Å². The highest BCUT2D eigenvalue weighted by Crippen LogP contribution is 2.25. The van der Waals surface area contributed by atoms with Crippen LogP contribution in [0.1, 0.15) is 37.5 Å². The number of benzene rings is 1. The second-order valence-corrected chi connectivity index (χ2v) is 6.67. The zero-order valence-electron chi connectivity index (χ0n) is 15.9. The van der Waals surface area contributed by atoms with Gasteiger partial charge in [0, 0.05) is 24.0 Å². The summed E-state index contributed by atoms with van der Waals surface area (Å²) in [5.41, 5.74) is 2.12. The second-order valence-electron chi connectivity index (χ2n) is 6.67. The first-order chi connectivity index (χ1) is 12.3. The molecule has 2 heterocycles. The number of nitrogens with one attached hydrogen (secondary N) is 2. The van der Waals surface area contributed by atoms with Crippen LogP contribution in [0.2, 0.25) is 0 Å². The molecule has 1 aliphatic heterocycles. The summed E-state index contributed by atoms with van der Waals surface area (Å²) in [6.07, 6.45) is 3.86. The third-order valence-electron chi connectivity index (χ3n) is 4.81. The molecule has 1 fully saturated rings. The van der Waals surface area contributed by atoms with Gasteiger partial charge in [-0.15, -0.1) is 24.0 Å². The number of halogens is 1. The van der Waals surface area contributed by atoms with Crippen LogP contribution in [0.15, 0.2) is 33.7 Å². The van der Waals surface area contributed by atoms with Crippen LogP contribution in [-0.2, 0) is 6.54 Å². The van der Waals surface area contributed by atoms with Gasteiger partial charge in [-0.25, -0.2) is 4.99 Å². The van der Waals surface area contributed by atoms with Crippen molar-refractivity contribution in [2.45, 2.75) is 39.7 Å². The van der Waals surface area contributed by atoms with Gasteiger partial charge in [0.2, 0.25) is 0 Å². The lowest BCUT2D eigenvalue weighted by Gasteiger charge is -2.15. The van der Waals surface area contributed by atoms with Crippen molar-refractivity contribution in [2.75, 3.05) is 32.7 Å². The van der Waals surface area contributed by atoms with Crippen LogP contribution in [0.3, 0.4) is 0 Å². The molecule has 1 aliphatic rings. The minimum Gasteiger partial charge on any atom is -0.459 e. The highest BCUT2D eigenvalue weighted by atomic mass is 127. The number of likely N-dealkylation sites (tertiary alicyclic amines) is 1. The first-order valence-corrected chi connectivity index (χ1v) is 9.49. The van der Waals surface area contributed by atoms with Crippen LogP contribution in [-0.4, -0.2) is 43.6 Å². The van der Waals surface area contributed by atoms with Crippen molar-refractivity contribution in [3.05, 3.63) is 35.6 Å². The molecule has 5 nitrogen and oxygen atoms in total. The van der Waals surface area contributed by atoms with Gasteiger partial charge in [-0.2, -0.15) is 0 Å². The molecule has 2 N–H and O–H groups in total. The lowest BCUT2D eigenvalue weighted by Crippen LogP contribution is -2.38. The Morgan fingerprint density at radius 1 is 1.19 bits per heavy atom. The molecule has 0 atom stereocenters. The fourth-order valence-electron chi connectivity index (χ4n) is 3.38. The molecule has 0 radical (unpaired) electrons. The van der Waals surface area contributed by atoms with E-state index >= 15 is 0 Å². The maximum absolute atomic E-state index is 5.95. The zero-order valence-corrected chi connectivity index (χ0v) is 18.2. The van der Waals surface area contributed by atoms with Crippen molar-refractivity contribution in [2.24, 2.45) is 4.99 Å². The molecule has 0 aliphatic carbocycles. The molecule has 0 bridgehead atoms. The Bertz CT molecular complexity index is 707. The number of nitrogens with zero attached hydrogens (tertiary/aromatic N) is 2. The summed E-state index contributed by atoms with van der Waals surface area (Å²) >= 11 is 0. The quantitative estimate of drug-likeness (QED) is 0.279. The predicted octanol–water partition coefficient (Wildman–Crippen LogP) is 3.90. The molecule has 0 unspecified atom stereocenters. The van der Waals surface area contributed by atoms with Gasteiger partial charge in [0.25, 0.3) is 0 Å². The number of fused-ring (bicyclic) bond motifs is 1. The summed E-state index contributed by atoms with van der Waals surface area (Å²) in [7, 11) is 0. The lowest BCUT2D eigenvalue weighted by atomic mass is 10.1. The Kier molecular flexibility index (Phi) is 8.71. The summed E-state index contributed by atoms with van der Waals surface area (Å²) in [5.74, 6) is 1.80. The van der Waals surface area contributed by atoms with E-state index in [0.717, 1.165) is 36.8 Å². The van der Waals surface area contributed by atoms with Crippen molar-refractivity contribution in [1.82, 2.24) is 15.5 Å². The van der Waals surface area contributed by atoms with E-state index in [1.807, 2.05) is 18.2 Å². The van der Waals surface area contributed by atoms with Gasteiger partial charge in [0.15, 0.2) is 5.96 Å². The molecule has 2 aromatic rings. The number of guanidine groups is 1. The van der Waals surface area contributed by atoms with Crippen molar-refractivity contribution in [3.63, 3.8) is 0 Å². The molecule has 6 heteroatoms. The first kappa shape index (κ1) is 21.0. The van der Waals surface area contributed by atoms with E-state index in [-0.39, 0.29) is 24.0 Å². The Labute approximate surface area is 173 Å². The predicted molar refractivity (Wildman–Crippen MR) is 119 cm³/mol. The van der Waals surface area contributed by atoms with Gasteiger partial charge in [0.1, 0.15) is 17.9 Å². The maximum atomic E-state index is 5.95. The van der Waals surface area contributed by atoms with Gasteiger partial charge in [-0.05, 0) is 58.8 Å². The molecule has 1 aromatic heterocycles. The van der Waals surface area contributed by atoms with E-state index in [1.165, 1.54) is 43.4 Å². The Hall–Kier alpha value is -1.28. The summed E-state index contributed by atoms with van der Waals surface area (Å²) < 4.78 is 5.95. The van der Waals surface area contributed by atoms with E-state index in [0.29, 0.717) is 6.54 Å². The highest BCUT2D eigenvalue weighted by Gasteiger charge is 2.11. The van der Waals surface area contributed by atoms with E-state index in [1.54, 1.807) is 0 Å². The number of hydrogen-bond acceptors (Lipinski definition) is 3. The largest absolute Gasteiger partial charge is 0.459 e. The van der Waals surface area contributed by atoms with Crippen molar-refractivity contribution in [1.29, 1.82) is 0 Å². The van der Waals surface area contributed by atoms with Crippen LogP contribution in [0.25, 0.3) is 11.0 Å². The molecule has 3 rings (SSSR count). The van der Waals surface area contributed by atoms with Gasteiger partial charge < -0.3 is 20.0 Å². The van der Waals surface area contributed by atoms with Crippen LogP contribution in [0.5, 0.6) is 0 Å². The molecule has 0 amide bonds. The number of furan rings is 1. The molecular formula is C20H31IN4O. The number of para-hydroxylation sites is 1. The van der Waals surface area contributed by atoms with Crippen molar-refractivity contribution >= 4 is 40.9 Å². The highest BCUT2D eigenvalue weighted by molar-refractivity contribution is 14.0. The van der Waals surface area contributed by atoms with E-state index in [4.69, 9.17) is 9.41 Å². The van der Waals surface area contributed by atoms with Gasteiger partial charge in [-0.1, -0.05) is 18.2 Å². The first-order valence-electron chi connectivity index (χ1n) is 9.49. The summed E-state index contributed by atoms with van der Waals surface area (Å²) in [6, 6.07) is 8.16. The molecule has 144 valence electrons. The molecule has 1 aromatic carbocycles. The molecule has 0 saturated carbocycles. The minimum atomic E-state index is 0. The standard InChI is InChI=1S/C20H30N4O.HI/c1-3-21-20(22-11-8-14-24-12-6-7-13-24)23-15-19-16(2)17-9-4-5-10-18(17)25-19;/h4-5,9-10H,3,6-8,11-15H2,1-2H3,(H2,21,22,23);1H. The Morgan fingerprint density at radius 3 is 2.69 bits per heavy atom. The van der Waals surface area contributed by atoms with Crippen LogP contribution >= 0.6 is 24.0 Å². The Morgan fingerprint density at radius 2 is 1.96 bits per heavy atom. The van der Waals surface area contributed by atoms with Crippen LogP contribution < -0.4 is 10.6 Å². The summed E-state index contributed by atoms with van der Waals surface area (Å²) in [5, 5.41) is 7.93. The molecule has 1 saturated heterocycles. The van der Waals surface area contributed by atoms with Gasteiger partial charge in [-0.3, -0.25) is 0 Å². The third-order valence-corrected chi connectivity index (χ3v) is 4.81. The normalized spacial score (nSPS) is 15.2. The topological polar surface area (TPSA) is 52.8 Å². The number of aryl methyl sites for hydroxylation is 1. The fraction of sp³-hybridized carbons (Fsp3) is 0.550. The van der Waals surface area contributed by atoms with Crippen LogP contribution in [0, 0.1) is 6.92 Å². The van der Waals surface area contributed by atoms with E-state index in [9.17, 15) is 0 Å². The zero-order chi connectivity index (χ0) is 17.5. The third kappa shape index (κ3) is 5.61. The fourth-order valence-corrected chi connectivity index (χ4v) is 3.38. The van der Waals surface area contributed by atoms with Crippen molar-refractivity contribution in [3.8, 4) is 0 Å². The summed E-state index contributed by atoms with van der Waals surface area (Å²) in [6.45, 7) is 10.3. The number of hydrogen-bond donors (Lipinski definition) is 2. The average molecular weight is 470 g/mol. The number of rotatable bonds is 7. The smallest absolute Gasteiger partial charge is 0.191 e. The minimum absolute atomic E-state index is 0. The maximum Gasteiger partial charge on any atom is 0.191 e. The summed E-state index contributed by atoms with van der Waals surface area (Å²) in [4.78, 5) is 7.24. The average Bonchev–Trinajstić information content (AvgIpc) is 3.25. The molecule has 26 heavy (non-hydrogen) atoms. The Balaban J connectivity index is 0.00000243. The van der Waals surface area contributed by atoms with Gasteiger partial charge >= 0.3 is 0 Å². The van der Waals surface area contributed by atoms with Crippen molar-refractivity contribution < 1.29 is 4.42 Å². The monoisotopic (exact) mass is 470 g/mol. The molecular weight excluding hydrogens is 439 g/mol. The van der Waals surface area contributed by atoms with Crippen LogP contribution in [0.4, 0.5) is 0 Å². The van der Waals surface area contributed by atoms with E-state index in [2.05, 4.69) is 35.4 Å².